The quantitative estimate of drug-likeness (QED) is 0.211. The van der Waals surface area contributed by atoms with Gasteiger partial charge in [0, 0.05) is 5.56 Å². The van der Waals surface area contributed by atoms with Gasteiger partial charge in [-0.2, -0.15) is 26.3 Å². The molecule has 3 aromatic carbocycles. The van der Waals surface area contributed by atoms with E-state index in [0.717, 1.165) is 29.8 Å². The third-order valence-electron chi connectivity index (χ3n) is 9.37. The summed E-state index contributed by atoms with van der Waals surface area (Å²) in [5, 5.41) is 9.41. The first kappa shape index (κ1) is 32.5. The van der Waals surface area contributed by atoms with Crippen molar-refractivity contribution < 1.29 is 50.5 Å². The van der Waals surface area contributed by atoms with Crippen LogP contribution >= 0.6 is 0 Å². The Hall–Kier alpha value is -4.48. The highest BCUT2D eigenvalue weighted by atomic mass is 19.4. The molecule has 0 radical (unpaired) electrons. The summed E-state index contributed by atoms with van der Waals surface area (Å²) in [4.78, 5) is 26.1. The average molecular weight is 660 g/mol. The second kappa shape index (κ2) is 12.0. The molecular formula is C35H31F6NO5. The number of carboxylic acids is 1. The molecule has 1 amide bonds. The van der Waals surface area contributed by atoms with E-state index in [1.54, 1.807) is 18.2 Å². The first-order valence-electron chi connectivity index (χ1n) is 15.1. The van der Waals surface area contributed by atoms with Crippen LogP contribution in [0, 0.1) is 12.8 Å². The Balaban J connectivity index is 1.40. The lowest BCUT2D eigenvalue weighted by Crippen LogP contribution is -2.32. The molecule has 248 valence electrons. The van der Waals surface area contributed by atoms with Gasteiger partial charge in [-0.3, -0.25) is 9.69 Å². The summed E-state index contributed by atoms with van der Waals surface area (Å²) in [5.41, 5.74) is 0.487. The zero-order valence-electron chi connectivity index (χ0n) is 25.4. The van der Waals surface area contributed by atoms with Crippen LogP contribution in [0.1, 0.15) is 77.1 Å². The summed E-state index contributed by atoms with van der Waals surface area (Å²) >= 11 is 0. The number of nitrogens with zero attached hydrogens (tertiary/aromatic N) is 1. The number of aliphatic carboxylic acids is 1. The number of hydrogen-bond acceptors (Lipinski definition) is 4. The summed E-state index contributed by atoms with van der Waals surface area (Å²) in [6, 6.07) is 10.2. The number of carboxylic acid groups (broad SMARTS) is 1. The highest BCUT2D eigenvalue weighted by Gasteiger charge is 2.49. The molecule has 1 saturated carbocycles. The number of cyclic esters (lactones) is 1. The number of alkyl halides is 6. The molecule has 0 unspecified atom stereocenters. The van der Waals surface area contributed by atoms with E-state index < -0.39 is 59.6 Å². The van der Waals surface area contributed by atoms with Crippen LogP contribution in [0.2, 0.25) is 0 Å². The monoisotopic (exact) mass is 659 g/mol. The lowest BCUT2D eigenvalue weighted by atomic mass is 9.78. The molecule has 6 rings (SSSR count). The number of benzene rings is 3. The third-order valence-corrected chi connectivity index (χ3v) is 9.37. The number of methoxy groups -OCH3 is 1. The number of ether oxygens (including phenoxy) is 2. The summed E-state index contributed by atoms with van der Waals surface area (Å²) < 4.78 is 94.2. The van der Waals surface area contributed by atoms with Crippen molar-refractivity contribution in [1.29, 1.82) is 0 Å². The van der Waals surface area contributed by atoms with E-state index >= 15 is 0 Å². The Bertz CT molecular complexity index is 1740. The highest BCUT2D eigenvalue weighted by molar-refractivity contribution is 5.79. The van der Waals surface area contributed by atoms with E-state index in [4.69, 9.17) is 9.47 Å². The first-order valence-corrected chi connectivity index (χ1v) is 15.1. The van der Waals surface area contributed by atoms with Crippen LogP contribution in [-0.2, 0) is 21.9 Å². The zero-order chi connectivity index (χ0) is 33.8. The lowest BCUT2D eigenvalue weighted by molar-refractivity contribution is -0.143. The smallest absolute Gasteiger partial charge is 0.416 e. The second-order valence-corrected chi connectivity index (χ2v) is 12.3. The molecule has 0 aromatic heterocycles. The summed E-state index contributed by atoms with van der Waals surface area (Å²) in [6.07, 6.45) is -5.90. The molecule has 1 aliphatic carbocycles. The van der Waals surface area contributed by atoms with Crippen LogP contribution in [0.15, 0.2) is 66.7 Å². The Morgan fingerprint density at radius 3 is 2.19 bits per heavy atom. The molecule has 47 heavy (non-hydrogen) atoms. The molecular weight excluding hydrogens is 628 g/mol. The number of carbonyl (C=O) groups is 2. The van der Waals surface area contributed by atoms with Gasteiger partial charge in [0.2, 0.25) is 0 Å². The van der Waals surface area contributed by atoms with E-state index in [-0.39, 0.29) is 17.0 Å². The number of halogens is 6. The third kappa shape index (κ3) is 6.17. The molecule has 3 aromatic rings. The predicted octanol–water partition coefficient (Wildman–Crippen LogP) is 9.24. The van der Waals surface area contributed by atoms with Gasteiger partial charge in [0.25, 0.3) is 0 Å². The van der Waals surface area contributed by atoms with Crippen LogP contribution in [0.3, 0.4) is 0 Å². The maximum absolute atomic E-state index is 14.0. The molecule has 0 bridgehead atoms. The number of rotatable bonds is 6. The van der Waals surface area contributed by atoms with E-state index in [0.29, 0.717) is 48.1 Å². The minimum absolute atomic E-state index is 0.0362. The molecule has 2 aliphatic heterocycles. The molecule has 6 nitrogen and oxygen atoms in total. The Morgan fingerprint density at radius 1 is 0.851 bits per heavy atom. The van der Waals surface area contributed by atoms with Gasteiger partial charge < -0.3 is 14.6 Å². The van der Waals surface area contributed by atoms with Gasteiger partial charge in [0.1, 0.15) is 5.75 Å². The van der Waals surface area contributed by atoms with Gasteiger partial charge in [-0.1, -0.05) is 35.9 Å². The van der Waals surface area contributed by atoms with Crippen molar-refractivity contribution in [3.63, 3.8) is 0 Å². The standard InChI is InChI=1S/C35H31F6NO5/c1-18-13-22(15-24(14-18)35(39,40)41)31-29-11-10-28(42(29)33(45)47-31)26-17-23(34(36,37)38)8-9-25(26)27-16-21(7-12-30(27)46-2)19-3-5-20(6-4-19)32(43)44/h7-17,19-20,28-29,31H,3-6H2,1-2H3,(H,43,44)/t19?,20?,28-,29-,31+/m0/s1. The fraction of sp³-hybridized carbons (Fsp3) is 0.371. The Morgan fingerprint density at radius 2 is 1.55 bits per heavy atom. The first-order chi connectivity index (χ1) is 22.2. The Labute approximate surface area is 266 Å². The normalized spacial score (nSPS) is 24.3. The van der Waals surface area contributed by atoms with E-state index in [2.05, 4.69) is 0 Å². The molecule has 12 heteroatoms. The fourth-order valence-corrected chi connectivity index (χ4v) is 7.06. The van der Waals surface area contributed by atoms with Crippen LogP contribution < -0.4 is 4.74 Å². The van der Waals surface area contributed by atoms with Crippen molar-refractivity contribution in [2.75, 3.05) is 7.11 Å². The molecule has 3 atom stereocenters. The van der Waals surface area contributed by atoms with Gasteiger partial charge in [-0.05, 0) is 97.2 Å². The summed E-state index contributed by atoms with van der Waals surface area (Å²) in [7, 11) is 1.44. The fourth-order valence-electron chi connectivity index (χ4n) is 7.06. The highest BCUT2D eigenvalue weighted by Crippen LogP contribution is 2.49. The maximum atomic E-state index is 14.0. The van der Waals surface area contributed by atoms with Crippen LogP contribution in [-0.4, -0.2) is 35.2 Å². The van der Waals surface area contributed by atoms with Crippen LogP contribution in [0.4, 0.5) is 31.1 Å². The second-order valence-electron chi connectivity index (χ2n) is 12.3. The molecule has 0 spiro atoms. The number of hydrogen-bond donors (Lipinski definition) is 1. The number of amides is 1. The van der Waals surface area contributed by atoms with Crippen LogP contribution in [0.25, 0.3) is 11.1 Å². The van der Waals surface area contributed by atoms with Crippen molar-refractivity contribution in [2.24, 2.45) is 5.92 Å². The van der Waals surface area contributed by atoms with Gasteiger partial charge >= 0.3 is 24.4 Å². The molecule has 3 aliphatic rings. The zero-order valence-corrected chi connectivity index (χ0v) is 25.4. The maximum Gasteiger partial charge on any atom is 0.416 e. The average Bonchev–Trinajstić information content (AvgIpc) is 3.60. The van der Waals surface area contributed by atoms with E-state index in [1.165, 1.54) is 31.1 Å². The molecule has 2 heterocycles. The van der Waals surface area contributed by atoms with Gasteiger partial charge in [-0.15, -0.1) is 0 Å². The van der Waals surface area contributed by atoms with E-state index in [1.807, 2.05) is 12.1 Å². The molecule has 2 fully saturated rings. The SMILES string of the molecule is COc1ccc(C2CCC(C(=O)O)CC2)cc1-c1ccc(C(F)(F)F)cc1[C@@H]1C=C[C@H]2[C@@H](c3cc(C)cc(C(F)(F)F)c3)OC(=O)N12. The molecule has 1 saturated heterocycles. The number of aryl methyl sites for hydroxylation is 1. The number of fused-ring (bicyclic) bond motifs is 1. The summed E-state index contributed by atoms with van der Waals surface area (Å²) in [6.45, 7) is 1.49. The van der Waals surface area contributed by atoms with Gasteiger partial charge in [0.05, 0.1) is 36.2 Å². The number of carbonyl (C=O) groups excluding carboxylic acids is 1. The van der Waals surface area contributed by atoms with Crippen molar-refractivity contribution in [3.8, 4) is 16.9 Å². The van der Waals surface area contributed by atoms with Crippen molar-refractivity contribution in [3.05, 3.63) is 100 Å². The molecule has 1 N–H and O–H groups in total. The van der Waals surface area contributed by atoms with Crippen molar-refractivity contribution in [1.82, 2.24) is 4.90 Å². The van der Waals surface area contributed by atoms with Crippen molar-refractivity contribution in [2.45, 2.75) is 69.1 Å². The van der Waals surface area contributed by atoms with Crippen LogP contribution in [0.5, 0.6) is 5.75 Å². The topological polar surface area (TPSA) is 76.1 Å². The minimum atomic E-state index is -4.70. The largest absolute Gasteiger partial charge is 0.496 e. The van der Waals surface area contributed by atoms with Gasteiger partial charge in [0.15, 0.2) is 6.10 Å². The van der Waals surface area contributed by atoms with Gasteiger partial charge in [-0.25, -0.2) is 4.79 Å². The summed E-state index contributed by atoms with van der Waals surface area (Å²) in [5.74, 6) is -0.832. The Kier molecular flexibility index (Phi) is 8.26. The van der Waals surface area contributed by atoms with Crippen molar-refractivity contribution >= 4 is 12.1 Å². The predicted molar refractivity (Wildman–Crippen MR) is 159 cm³/mol. The lowest BCUT2D eigenvalue weighted by Gasteiger charge is -2.28. The minimum Gasteiger partial charge on any atom is -0.496 e. The van der Waals surface area contributed by atoms with E-state index in [9.17, 15) is 41.0 Å².